The first-order chi connectivity index (χ1) is 12.9. The lowest BCUT2D eigenvalue weighted by Gasteiger charge is -2.32. The third-order valence-electron chi connectivity index (χ3n) is 4.93. The number of hydrogen-bond donors (Lipinski definition) is 1. The maximum Gasteiger partial charge on any atom is 0.435 e. The van der Waals surface area contributed by atoms with E-state index in [0.717, 1.165) is 45.8 Å². The molecule has 0 bridgehead atoms. The molecule has 0 radical (unpaired) electrons. The molecule has 2 aliphatic heterocycles. The molecule has 1 atom stereocenters. The third kappa shape index (κ3) is 5.72. The zero-order valence-corrected chi connectivity index (χ0v) is 18.5. The fourth-order valence-electron chi connectivity index (χ4n) is 3.65. The van der Waals surface area contributed by atoms with Crippen molar-refractivity contribution in [2.24, 2.45) is 12.0 Å². The van der Waals surface area contributed by atoms with Crippen LogP contribution in [0.25, 0.3) is 0 Å². The zero-order chi connectivity index (χ0) is 19.4. The lowest BCUT2D eigenvalue weighted by Crippen LogP contribution is -2.46. The Balaban J connectivity index is 0.00000280. The van der Waals surface area contributed by atoms with E-state index in [1.807, 2.05) is 6.92 Å². The van der Waals surface area contributed by atoms with E-state index in [1.54, 1.807) is 0 Å². The van der Waals surface area contributed by atoms with Crippen molar-refractivity contribution in [2.45, 2.75) is 32.1 Å². The van der Waals surface area contributed by atoms with E-state index < -0.39 is 11.9 Å². The Kier molecular flexibility index (Phi) is 8.37. The van der Waals surface area contributed by atoms with Gasteiger partial charge in [0.25, 0.3) is 0 Å². The molecule has 11 heteroatoms. The zero-order valence-electron chi connectivity index (χ0n) is 16.2. The molecule has 0 amide bonds. The van der Waals surface area contributed by atoms with Crippen molar-refractivity contribution in [3.63, 3.8) is 0 Å². The van der Waals surface area contributed by atoms with Crippen LogP contribution in [0.5, 0.6) is 0 Å². The first kappa shape index (κ1) is 23.2. The Morgan fingerprint density at radius 1 is 1.32 bits per heavy atom. The van der Waals surface area contributed by atoms with Crippen molar-refractivity contribution < 1.29 is 17.9 Å². The summed E-state index contributed by atoms with van der Waals surface area (Å²) in [5.41, 5.74) is -0.776. The minimum Gasteiger partial charge on any atom is -0.379 e. The highest BCUT2D eigenvalue weighted by molar-refractivity contribution is 14.0. The summed E-state index contributed by atoms with van der Waals surface area (Å²) in [6.45, 7) is 7.60. The van der Waals surface area contributed by atoms with Crippen LogP contribution in [0.1, 0.15) is 24.6 Å². The van der Waals surface area contributed by atoms with Gasteiger partial charge < -0.3 is 15.0 Å². The van der Waals surface area contributed by atoms with E-state index in [4.69, 9.17) is 4.74 Å². The molecular formula is C17H28F3IN6O. The first-order valence-electron chi connectivity index (χ1n) is 9.33. The lowest BCUT2D eigenvalue weighted by molar-refractivity contribution is -0.142. The van der Waals surface area contributed by atoms with Gasteiger partial charge in [0.1, 0.15) is 0 Å². The number of nitrogens with zero attached hydrogens (tertiary/aromatic N) is 5. The normalized spacial score (nSPS) is 21.7. The van der Waals surface area contributed by atoms with Crippen molar-refractivity contribution in [3.8, 4) is 0 Å². The first-order valence-corrected chi connectivity index (χ1v) is 9.33. The minimum absolute atomic E-state index is 0. The summed E-state index contributed by atoms with van der Waals surface area (Å²) in [5.74, 6) is 0.658. The summed E-state index contributed by atoms with van der Waals surface area (Å²) >= 11 is 0. The number of hydrogen-bond acceptors (Lipinski definition) is 4. The number of nitrogens with one attached hydrogen (secondary N) is 1. The van der Waals surface area contributed by atoms with Gasteiger partial charge in [0.2, 0.25) is 0 Å². The second kappa shape index (κ2) is 10.1. The molecule has 3 rings (SSSR count). The maximum absolute atomic E-state index is 13.1. The Labute approximate surface area is 180 Å². The van der Waals surface area contributed by atoms with Gasteiger partial charge in [-0.2, -0.15) is 18.3 Å². The van der Waals surface area contributed by atoms with Crippen LogP contribution < -0.4 is 5.32 Å². The molecule has 0 saturated carbocycles. The molecule has 1 unspecified atom stereocenters. The largest absolute Gasteiger partial charge is 0.435 e. The minimum atomic E-state index is -4.47. The van der Waals surface area contributed by atoms with Crippen LogP contribution in [0.15, 0.2) is 11.2 Å². The Morgan fingerprint density at radius 2 is 2.04 bits per heavy atom. The van der Waals surface area contributed by atoms with Crippen molar-refractivity contribution in [1.82, 2.24) is 24.9 Å². The smallest absolute Gasteiger partial charge is 0.379 e. The number of alkyl halides is 3. The molecular weight excluding hydrogens is 488 g/mol. The van der Waals surface area contributed by atoms with Gasteiger partial charge in [-0.1, -0.05) is 0 Å². The van der Waals surface area contributed by atoms with Gasteiger partial charge in [0, 0.05) is 57.6 Å². The van der Waals surface area contributed by atoms with E-state index in [-0.39, 0.29) is 36.1 Å². The molecule has 0 aliphatic carbocycles. The summed E-state index contributed by atoms with van der Waals surface area (Å²) in [5, 5.41) is 6.75. The molecule has 0 spiro atoms. The molecule has 2 fully saturated rings. The van der Waals surface area contributed by atoms with E-state index in [0.29, 0.717) is 18.5 Å². The standard InChI is InChI=1S/C17H27F3N6O.HI/c1-3-21-16(22-10-13-11-24(2)23-15(13)17(18,19)20)26-5-4-14(12-26)25-6-8-27-9-7-25;/h11,14H,3-10,12H2,1-2H3,(H,21,22);1H. The quantitative estimate of drug-likeness (QED) is 0.377. The number of aliphatic imine (C=N–C) groups is 1. The number of halogens is 4. The predicted molar refractivity (Wildman–Crippen MR) is 111 cm³/mol. The number of likely N-dealkylation sites (tertiary alicyclic amines) is 1. The van der Waals surface area contributed by atoms with E-state index >= 15 is 0 Å². The molecule has 1 aromatic rings. The molecule has 2 aliphatic rings. The second-order valence-electron chi connectivity index (χ2n) is 6.88. The molecule has 1 N–H and O–H groups in total. The van der Waals surface area contributed by atoms with Crippen LogP contribution in [0.3, 0.4) is 0 Å². The maximum atomic E-state index is 13.1. The van der Waals surface area contributed by atoms with Gasteiger partial charge in [-0.05, 0) is 13.3 Å². The predicted octanol–water partition coefficient (Wildman–Crippen LogP) is 1.93. The monoisotopic (exact) mass is 516 g/mol. The fraction of sp³-hybridized carbons (Fsp3) is 0.765. The van der Waals surface area contributed by atoms with Gasteiger partial charge >= 0.3 is 6.18 Å². The highest BCUT2D eigenvalue weighted by Crippen LogP contribution is 2.31. The van der Waals surface area contributed by atoms with E-state index in [2.05, 4.69) is 25.2 Å². The number of rotatable bonds is 4. The summed E-state index contributed by atoms with van der Waals surface area (Å²) < 4.78 is 46.0. The summed E-state index contributed by atoms with van der Waals surface area (Å²) in [4.78, 5) is 9.03. The van der Waals surface area contributed by atoms with Gasteiger partial charge in [-0.25, -0.2) is 4.99 Å². The van der Waals surface area contributed by atoms with E-state index in [1.165, 1.54) is 17.9 Å². The lowest BCUT2D eigenvalue weighted by atomic mass is 10.2. The fourth-order valence-corrected chi connectivity index (χ4v) is 3.65. The summed E-state index contributed by atoms with van der Waals surface area (Å²) in [7, 11) is 1.49. The second-order valence-corrected chi connectivity index (χ2v) is 6.88. The van der Waals surface area contributed by atoms with Crippen LogP contribution in [-0.2, 0) is 24.5 Å². The highest BCUT2D eigenvalue weighted by atomic mass is 127. The molecule has 3 heterocycles. The van der Waals surface area contributed by atoms with Crippen LogP contribution in [0.2, 0.25) is 0 Å². The third-order valence-corrected chi connectivity index (χ3v) is 4.93. The molecule has 0 aromatic carbocycles. The van der Waals surface area contributed by atoms with Crippen molar-refractivity contribution in [1.29, 1.82) is 0 Å². The highest BCUT2D eigenvalue weighted by Gasteiger charge is 2.37. The van der Waals surface area contributed by atoms with Crippen molar-refractivity contribution >= 4 is 29.9 Å². The topological polar surface area (TPSA) is 57.9 Å². The summed E-state index contributed by atoms with van der Waals surface area (Å²) in [6, 6.07) is 0.432. The number of aryl methyl sites for hydroxylation is 1. The van der Waals surface area contributed by atoms with Gasteiger partial charge in [0.05, 0.1) is 19.8 Å². The summed E-state index contributed by atoms with van der Waals surface area (Å²) in [6.07, 6.45) is -2.07. The molecule has 7 nitrogen and oxygen atoms in total. The SMILES string of the molecule is CCNC(=NCc1cn(C)nc1C(F)(F)F)N1CCC(N2CCOCC2)C1.I. The number of aromatic nitrogens is 2. The molecule has 28 heavy (non-hydrogen) atoms. The van der Waals surface area contributed by atoms with Crippen LogP contribution in [0, 0.1) is 0 Å². The van der Waals surface area contributed by atoms with Gasteiger partial charge in [-0.3, -0.25) is 9.58 Å². The van der Waals surface area contributed by atoms with Crippen LogP contribution in [-0.4, -0.2) is 77.5 Å². The number of ether oxygens (including phenoxy) is 1. The van der Waals surface area contributed by atoms with Crippen molar-refractivity contribution in [3.05, 3.63) is 17.5 Å². The Hall–Kier alpha value is -1.08. The average Bonchev–Trinajstić information content (AvgIpc) is 3.26. The van der Waals surface area contributed by atoms with Crippen LogP contribution in [0.4, 0.5) is 13.2 Å². The van der Waals surface area contributed by atoms with E-state index in [9.17, 15) is 13.2 Å². The Bertz CT molecular complexity index is 660. The Morgan fingerprint density at radius 3 is 2.68 bits per heavy atom. The number of guanidine groups is 1. The molecule has 160 valence electrons. The number of morpholine rings is 1. The molecule has 1 aromatic heterocycles. The van der Waals surface area contributed by atoms with Crippen molar-refractivity contribution in [2.75, 3.05) is 45.9 Å². The van der Waals surface area contributed by atoms with Gasteiger partial charge in [0.15, 0.2) is 11.7 Å². The van der Waals surface area contributed by atoms with Crippen LogP contribution >= 0.6 is 24.0 Å². The average molecular weight is 516 g/mol. The van der Waals surface area contributed by atoms with Gasteiger partial charge in [-0.15, -0.1) is 24.0 Å². The molecule has 2 saturated heterocycles.